The summed E-state index contributed by atoms with van der Waals surface area (Å²) < 4.78 is 4.86. The first-order valence-electron chi connectivity index (χ1n) is 3.56. The molecule has 0 bridgehead atoms. The van der Waals surface area contributed by atoms with Crippen LogP contribution in [-0.4, -0.2) is 18.7 Å². The molecule has 0 saturated carbocycles. The van der Waals surface area contributed by atoms with E-state index in [-0.39, 0.29) is 5.57 Å². The van der Waals surface area contributed by atoms with Gasteiger partial charge in [-0.2, -0.15) is 0 Å². The van der Waals surface area contributed by atoms with Gasteiger partial charge in [0.2, 0.25) is 0 Å². The first-order valence-corrected chi connectivity index (χ1v) is 3.56. The van der Waals surface area contributed by atoms with Crippen molar-refractivity contribution in [2.24, 2.45) is 0 Å². The van der Waals surface area contributed by atoms with E-state index < -0.39 is 5.97 Å². The molecule has 1 heterocycles. The van der Waals surface area contributed by atoms with Crippen molar-refractivity contribution in [1.29, 1.82) is 0 Å². The molecule has 0 N–H and O–H groups in total. The largest absolute Gasteiger partial charge is 0.545 e. The molecule has 11 heavy (non-hydrogen) atoms. The van der Waals surface area contributed by atoms with Crippen molar-refractivity contribution in [3.8, 4) is 0 Å². The van der Waals surface area contributed by atoms with E-state index in [0.717, 1.165) is 6.61 Å². The molecule has 1 saturated heterocycles. The van der Waals surface area contributed by atoms with Crippen molar-refractivity contribution >= 4 is 5.97 Å². The van der Waals surface area contributed by atoms with Crippen LogP contribution < -0.4 is 5.11 Å². The monoisotopic (exact) mass is 157 g/mol. The topological polar surface area (TPSA) is 52.7 Å². The molecule has 0 radical (unpaired) electrons. The third kappa shape index (κ3) is 7.06. The van der Waals surface area contributed by atoms with Crippen molar-refractivity contribution in [2.45, 2.75) is 26.4 Å². The molecular weight excluding hydrogens is 144 g/mol. The maximum absolute atomic E-state index is 9.49. The Morgan fingerprint density at radius 3 is 2.18 bits per heavy atom. The first kappa shape index (κ1) is 10.2. The maximum Gasteiger partial charge on any atom is 0.0807 e. The van der Waals surface area contributed by atoms with Gasteiger partial charge < -0.3 is 14.6 Å². The summed E-state index contributed by atoms with van der Waals surface area (Å²) in [6.07, 6.45) is 1.83. The fraction of sp³-hybridized carbons (Fsp3) is 0.625. The fourth-order valence-corrected chi connectivity index (χ4v) is 0.304. The quantitative estimate of drug-likeness (QED) is 0.422. The number of ether oxygens (including phenoxy) is 1. The second kappa shape index (κ2) is 4.91. The van der Waals surface area contributed by atoms with E-state index in [2.05, 4.69) is 13.5 Å². The zero-order valence-electron chi connectivity index (χ0n) is 6.92. The lowest BCUT2D eigenvalue weighted by atomic mass is 10.4. The summed E-state index contributed by atoms with van der Waals surface area (Å²) in [5.41, 5.74) is 0.0648. The molecule has 1 atom stereocenters. The van der Waals surface area contributed by atoms with Crippen LogP contribution in [0.1, 0.15) is 20.3 Å². The number of rotatable bonds is 2. The lowest BCUT2D eigenvalue weighted by Gasteiger charge is -1.93. The van der Waals surface area contributed by atoms with Gasteiger partial charge in [-0.05, 0) is 18.9 Å². The lowest BCUT2D eigenvalue weighted by molar-refractivity contribution is -0.299. The highest BCUT2D eigenvalue weighted by Crippen LogP contribution is 2.10. The number of carboxylic acid groups (broad SMARTS) is 1. The van der Waals surface area contributed by atoms with Gasteiger partial charge in [0.05, 0.1) is 18.7 Å². The standard InChI is InChI=1S/C4H6O2.C4H8O/c1-3(2)4(5)6;1-2-4-3-5-4/h1H2,2H3,(H,5,6);4H,2-3H2,1H3/p-1. The van der Waals surface area contributed by atoms with Gasteiger partial charge >= 0.3 is 0 Å². The molecular formula is C8H13O3-. The van der Waals surface area contributed by atoms with Crippen LogP contribution in [0.15, 0.2) is 12.2 Å². The molecule has 1 rings (SSSR count). The summed E-state index contributed by atoms with van der Waals surface area (Å²) in [5.74, 6) is -1.19. The molecule has 0 aromatic heterocycles. The number of aliphatic carboxylic acids is 1. The molecule has 3 nitrogen and oxygen atoms in total. The molecule has 1 unspecified atom stereocenters. The molecule has 0 amide bonds. The highest BCUT2D eigenvalue weighted by Gasteiger charge is 2.18. The van der Waals surface area contributed by atoms with E-state index in [9.17, 15) is 9.90 Å². The summed E-state index contributed by atoms with van der Waals surface area (Å²) in [6, 6.07) is 0. The molecule has 3 heteroatoms. The first-order chi connectivity index (χ1) is 5.07. The Morgan fingerprint density at radius 2 is 2.18 bits per heavy atom. The van der Waals surface area contributed by atoms with Gasteiger partial charge in [-0.1, -0.05) is 13.5 Å². The minimum Gasteiger partial charge on any atom is -0.545 e. The van der Waals surface area contributed by atoms with E-state index in [1.54, 1.807) is 0 Å². The van der Waals surface area contributed by atoms with Crippen LogP contribution in [0.2, 0.25) is 0 Å². The average molecular weight is 157 g/mol. The van der Waals surface area contributed by atoms with Gasteiger partial charge in [-0.25, -0.2) is 0 Å². The van der Waals surface area contributed by atoms with Gasteiger partial charge in [0.15, 0.2) is 0 Å². The number of hydrogen-bond donors (Lipinski definition) is 0. The number of epoxide rings is 1. The summed E-state index contributed by atoms with van der Waals surface area (Å²) in [6.45, 7) is 7.62. The van der Waals surface area contributed by atoms with Crippen molar-refractivity contribution in [3.05, 3.63) is 12.2 Å². The molecule has 1 aliphatic rings. The van der Waals surface area contributed by atoms with Gasteiger partial charge in [0, 0.05) is 0 Å². The minimum atomic E-state index is -1.19. The molecule has 1 aliphatic heterocycles. The Kier molecular flexibility index (Phi) is 4.54. The maximum atomic E-state index is 9.49. The molecule has 0 aromatic carbocycles. The zero-order chi connectivity index (χ0) is 8.85. The minimum absolute atomic E-state index is 0.0648. The number of hydrogen-bond acceptors (Lipinski definition) is 3. The number of carboxylic acids is 1. The van der Waals surface area contributed by atoms with Crippen LogP contribution in [0.4, 0.5) is 0 Å². The van der Waals surface area contributed by atoms with E-state index in [1.165, 1.54) is 13.3 Å². The Hall–Kier alpha value is -0.830. The second-order valence-corrected chi connectivity index (χ2v) is 2.43. The van der Waals surface area contributed by atoms with Crippen LogP contribution in [0.3, 0.4) is 0 Å². The van der Waals surface area contributed by atoms with Gasteiger partial charge in [-0.3, -0.25) is 0 Å². The average Bonchev–Trinajstić information content (AvgIpc) is 2.70. The third-order valence-corrected chi connectivity index (χ3v) is 1.21. The third-order valence-electron chi connectivity index (χ3n) is 1.21. The number of carbonyl (C=O) groups is 1. The lowest BCUT2D eigenvalue weighted by Crippen LogP contribution is -2.22. The molecule has 1 fully saturated rings. The van der Waals surface area contributed by atoms with E-state index in [1.807, 2.05) is 0 Å². The molecule has 0 spiro atoms. The highest BCUT2D eigenvalue weighted by molar-refractivity contribution is 5.82. The van der Waals surface area contributed by atoms with E-state index in [4.69, 9.17) is 4.74 Å². The van der Waals surface area contributed by atoms with Gasteiger partial charge in [0.1, 0.15) is 0 Å². The molecule has 0 aromatic rings. The van der Waals surface area contributed by atoms with E-state index in [0.29, 0.717) is 6.10 Å². The zero-order valence-corrected chi connectivity index (χ0v) is 6.92. The second-order valence-electron chi connectivity index (χ2n) is 2.43. The SMILES string of the molecule is C=C(C)C(=O)[O-].CCC1CO1. The van der Waals surface area contributed by atoms with Crippen molar-refractivity contribution in [3.63, 3.8) is 0 Å². The highest BCUT2D eigenvalue weighted by atomic mass is 16.6. The van der Waals surface area contributed by atoms with Crippen LogP contribution in [-0.2, 0) is 9.53 Å². The van der Waals surface area contributed by atoms with Crippen molar-refractivity contribution in [1.82, 2.24) is 0 Å². The van der Waals surface area contributed by atoms with Gasteiger partial charge in [0.25, 0.3) is 0 Å². The summed E-state index contributed by atoms with van der Waals surface area (Å²) in [7, 11) is 0. The predicted octanol–water partition coefficient (Wildman–Crippen LogP) is 0.108. The molecule has 64 valence electrons. The van der Waals surface area contributed by atoms with Crippen molar-refractivity contribution in [2.75, 3.05) is 6.61 Å². The van der Waals surface area contributed by atoms with Crippen LogP contribution in [0.25, 0.3) is 0 Å². The Labute approximate surface area is 66.7 Å². The van der Waals surface area contributed by atoms with Gasteiger partial charge in [-0.15, -0.1) is 0 Å². The fourth-order valence-electron chi connectivity index (χ4n) is 0.304. The molecule has 0 aliphatic carbocycles. The normalized spacial score (nSPS) is 19.6. The predicted molar refractivity (Wildman–Crippen MR) is 39.9 cm³/mol. The van der Waals surface area contributed by atoms with Crippen LogP contribution >= 0.6 is 0 Å². The van der Waals surface area contributed by atoms with Crippen LogP contribution in [0.5, 0.6) is 0 Å². The Balaban J connectivity index is 0.000000183. The van der Waals surface area contributed by atoms with E-state index >= 15 is 0 Å². The summed E-state index contributed by atoms with van der Waals surface area (Å²) in [4.78, 5) is 9.49. The Bertz CT molecular complexity index is 135. The Morgan fingerprint density at radius 1 is 1.82 bits per heavy atom. The van der Waals surface area contributed by atoms with Crippen molar-refractivity contribution < 1.29 is 14.6 Å². The summed E-state index contributed by atoms with van der Waals surface area (Å²) in [5, 5.41) is 9.49. The number of carbonyl (C=O) groups excluding carboxylic acids is 1. The van der Waals surface area contributed by atoms with Crippen LogP contribution in [0, 0.1) is 0 Å². The smallest absolute Gasteiger partial charge is 0.0807 e. The summed E-state index contributed by atoms with van der Waals surface area (Å²) >= 11 is 0.